The van der Waals surface area contributed by atoms with Gasteiger partial charge in [-0.3, -0.25) is 4.90 Å². The first-order valence-electron chi connectivity index (χ1n) is 7.23. The molecule has 2 unspecified atom stereocenters. The first kappa shape index (κ1) is 14.3. The Morgan fingerprint density at radius 2 is 2.14 bits per heavy atom. The second-order valence-electron chi connectivity index (χ2n) is 5.40. The van der Waals surface area contributed by atoms with Gasteiger partial charge in [0.1, 0.15) is 0 Å². The fourth-order valence-corrected chi connectivity index (χ4v) is 2.50. The van der Waals surface area contributed by atoms with Gasteiger partial charge in [-0.2, -0.15) is 0 Å². The lowest BCUT2D eigenvalue weighted by atomic mass is 10.2. The summed E-state index contributed by atoms with van der Waals surface area (Å²) in [6.07, 6.45) is 1.64. The zero-order chi connectivity index (χ0) is 14.7. The van der Waals surface area contributed by atoms with Gasteiger partial charge in [0, 0.05) is 18.2 Å². The highest BCUT2D eigenvalue weighted by Gasteiger charge is 2.26. The van der Waals surface area contributed by atoms with Crippen LogP contribution in [0.25, 0.3) is 11.3 Å². The Kier molecular flexibility index (Phi) is 4.34. The summed E-state index contributed by atoms with van der Waals surface area (Å²) in [5.41, 5.74) is 1.03. The lowest BCUT2D eigenvalue weighted by molar-refractivity contribution is -0.0823. The first-order chi connectivity index (χ1) is 10.3. The first-order valence-corrected chi connectivity index (χ1v) is 7.23. The smallest absolute Gasteiger partial charge is 0.209 e. The van der Waals surface area contributed by atoms with Crippen molar-refractivity contribution < 1.29 is 14.3 Å². The predicted molar refractivity (Wildman–Crippen MR) is 78.6 cm³/mol. The van der Waals surface area contributed by atoms with E-state index in [0.717, 1.165) is 11.3 Å². The Morgan fingerprint density at radius 3 is 2.90 bits per heavy atom. The molecule has 1 N–H and O–H groups in total. The molecule has 0 amide bonds. The Hall–Kier alpha value is -1.69. The number of oxazole rings is 1. The van der Waals surface area contributed by atoms with Gasteiger partial charge >= 0.3 is 0 Å². The van der Waals surface area contributed by atoms with Crippen molar-refractivity contribution in [3.8, 4) is 11.3 Å². The molecule has 2 heterocycles. The van der Waals surface area contributed by atoms with E-state index in [0.29, 0.717) is 31.6 Å². The number of nitrogens with zero attached hydrogens (tertiary/aromatic N) is 2. The van der Waals surface area contributed by atoms with E-state index in [1.54, 1.807) is 6.20 Å². The summed E-state index contributed by atoms with van der Waals surface area (Å²) in [6, 6.07) is 10.2. The lowest BCUT2D eigenvalue weighted by Gasteiger charge is -2.36. The zero-order valence-corrected chi connectivity index (χ0v) is 12.1. The van der Waals surface area contributed by atoms with Crippen LogP contribution in [0, 0.1) is 0 Å². The van der Waals surface area contributed by atoms with Crippen molar-refractivity contribution in [3.05, 3.63) is 42.4 Å². The van der Waals surface area contributed by atoms with Crippen LogP contribution in [0.2, 0.25) is 0 Å². The number of aromatic nitrogens is 1. The number of rotatable bonds is 4. The maximum atomic E-state index is 9.22. The number of hydrogen-bond donors (Lipinski definition) is 1. The number of benzene rings is 1. The summed E-state index contributed by atoms with van der Waals surface area (Å²) in [4.78, 5) is 6.59. The van der Waals surface area contributed by atoms with Crippen LogP contribution in [0.3, 0.4) is 0 Å². The van der Waals surface area contributed by atoms with Crippen molar-refractivity contribution in [1.29, 1.82) is 0 Å². The number of ether oxygens (including phenoxy) is 1. The van der Waals surface area contributed by atoms with Gasteiger partial charge in [-0.05, 0) is 6.92 Å². The fourth-order valence-electron chi connectivity index (χ4n) is 2.50. The minimum absolute atomic E-state index is 0.0457. The summed E-state index contributed by atoms with van der Waals surface area (Å²) < 4.78 is 11.4. The molecule has 0 spiro atoms. The van der Waals surface area contributed by atoms with E-state index in [2.05, 4.69) is 16.8 Å². The number of aliphatic hydroxyl groups is 1. The molecule has 1 aromatic carbocycles. The molecule has 5 heteroatoms. The maximum Gasteiger partial charge on any atom is 0.209 e. The van der Waals surface area contributed by atoms with E-state index in [9.17, 15) is 5.11 Å². The normalized spacial score (nSPS) is 23.3. The summed E-state index contributed by atoms with van der Waals surface area (Å²) in [5, 5.41) is 9.22. The van der Waals surface area contributed by atoms with Crippen LogP contribution in [0.1, 0.15) is 12.8 Å². The predicted octanol–water partition coefficient (Wildman–Crippen LogP) is 1.92. The molecule has 112 valence electrons. The molecule has 3 rings (SSSR count). The van der Waals surface area contributed by atoms with Crippen molar-refractivity contribution >= 4 is 0 Å². The molecule has 1 aliphatic heterocycles. The topological polar surface area (TPSA) is 58.7 Å². The quantitative estimate of drug-likeness (QED) is 0.931. The summed E-state index contributed by atoms with van der Waals surface area (Å²) in [5.74, 6) is 1.48. The molecular formula is C16H20N2O3. The van der Waals surface area contributed by atoms with Gasteiger partial charge < -0.3 is 14.3 Å². The molecule has 1 aromatic heterocycles. The number of hydrogen-bond acceptors (Lipinski definition) is 5. The Labute approximate surface area is 124 Å². The summed E-state index contributed by atoms with van der Waals surface area (Å²) in [6.45, 7) is 4.10. The van der Waals surface area contributed by atoms with Crippen molar-refractivity contribution in [2.45, 2.75) is 25.6 Å². The van der Waals surface area contributed by atoms with Gasteiger partial charge in [0.2, 0.25) is 5.89 Å². The highest BCUT2D eigenvalue weighted by molar-refractivity contribution is 5.55. The van der Waals surface area contributed by atoms with E-state index in [1.807, 2.05) is 30.3 Å². The monoisotopic (exact) mass is 288 g/mol. The SMILES string of the molecule is CC1COC(CO)CN1Cc1ncc(-c2ccccc2)o1. The van der Waals surface area contributed by atoms with Crippen LogP contribution in [0.15, 0.2) is 40.9 Å². The van der Waals surface area contributed by atoms with Crippen molar-refractivity contribution in [3.63, 3.8) is 0 Å². The average molecular weight is 288 g/mol. The van der Waals surface area contributed by atoms with Crippen LogP contribution in [0.5, 0.6) is 0 Å². The minimum atomic E-state index is -0.121. The van der Waals surface area contributed by atoms with Crippen molar-refractivity contribution in [2.24, 2.45) is 0 Å². The van der Waals surface area contributed by atoms with Gasteiger partial charge in [0.05, 0.1) is 32.1 Å². The number of aliphatic hydroxyl groups excluding tert-OH is 1. The minimum Gasteiger partial charge on any atom is -0.439 e. The highest BCUT2D eigenvalue weighted by atomic mass is 16.5. The fraction of sp³-hybridized carbons (Fsp3) is 0.438. The van der Waals surface area contributed by atoms with Gasteiger partial charge in [-0.25, -0.2) is 4.98 Å². The molecule has 1 fully saturated rings. The Morgan fingerprint density at radius 1 is 1.33 bits per heavy atom. The van der Waals surface area contributed by atoms with Gasteiger partial charge in [-0.1, -0.05) is 30.3 Å². The number of morpholine rings is 1. The second-order valence-corrected chi connectivity index (χ2v) is 5.40. The largest absolute Gasteiger partial charge is 0.439 e. The molecule has 5 nitrogen and oxygen atoms in total. The highest BCUT2D eigenvalue weighted by Crippen LogP contribution is 2.21. The van der Waals surface area contributed by atoms with Gasteiger partial charge in [-0.15, -0.1) is 0 Å². The molecule has 2 aromatic rings. The van der Waals surface area contributed by atoms with Crippen LogP contribution >= 0.6 is 0 Å². The Balaban J connectivity index is 1.69. The van der Waals surface area contributed by atoms with E-state index >= 15 is 0 Å². The van der Waals surface area contributed by atoms with Crippen molar-refractivity contribution in [1.82, 2.24) is 9.88 Å². The second kappa shape index (κ2) is 6.39. The van der Waals surface area contributed by atoms with E-state index in [1.165, 1.54) is 0 Å². The third kappa shape index (κ3) is 3.32. The third-order valence-electron chi connectivity index (χ3n) is 3.79. The molecular weight excluding hydrogens is 268 g/mol. The third-order valence-corrected chi connectivity index (χ3v) is 3.79. The molecule has 0 bridgehead atoms. The standard InChI is InChI=1S/C16H20N2O3/c1-12-11-20-14(10-19)8-18(12)9-16-17-7-15(21-16)13-5-3-2-4-6-13/h2-7,12,14,19H,8-11H2,1H3. The van der Waals surface area contributed by atoms with E-state index in [-0.39, 0.29) is 12.7 Å². The lowest BCUT2D eigenvalue weighted by Crippen LogP contribution is -2.48. The molecule has 0 radical (unpaired) electrons. The molecule has 1 aliphatic rings. The summed E-state index contributed by atoms with van der Waals surface area (Å²) >= 11 is 0. The summed E-state index contributed by atoms with van der Waals surface area (Å²) in [7, 11) is 0. The van der Waals surface area contributed by atoms with Crippen LogP contribution in [0.4, 0.5) is 0 Å². The van der Waals surface area contributed by atoms with Gasteiger partial charge in [0.15, 0.2) is 5.76 Å². The Bertz CT molecular complexity index is 570. The van der Waals surface area contributed by atoms with E-state index < -0.39 is 0 Å². The molecule has 21 heavy (non-hydrogen) atoms. The van der Waals surface area contributed by atoms with Gasteiger partial charge in [0.25, 0.3) is 0 Å². The average Bonchev–Trinajstić information content (AvgIpc) is 2.99. The van der Waals surface area contributed by atoms with Crippen LogP contribution in [-0.2, 0) is 11.3 Å². The zero-order valence-electron chi connectivity index (χ0n) is 12.1. The van der Waals surface area contributed by atoms with Crippen LogP contribution < -0.4 is 0 Å². The molecule has 0 aliphatic carbocycles. The molecule has 0 saturated carbocycles. The molecule has 2 atom stereocenters. The van der Waals surface area contributed by atoms with E-state index in [4.69, 9.17) is 9.15 Å². The maximum absolute atomic E-state index is 9.22. The van der Waals surface area contributed by atoms with Crippen LogP contribution in [-0.4, -0.2) is 46.9 Å². The molecule has 1 saturated heterocycles. The van der Waals surface area contributed by atoms with Crippen molar-refractivity contribution in [2.75, 3.05) is 19.8 Å².